The molecular formula is C19H24N4O3S. The predicted molar refractivity (Wildman–Crippen MR) is 103 cm³/mol. The van der Waals surface area contributed by atoms with Gasteiger partial charge in [0, 0.05) is 24.7 Å². The summed E-state index contributed by atoms with van der Waals surface area (Å²) < 4.78 is 34.4. The topological polar surface area (TPSA) is 81.2 Å². The van der Waals surface area contributed by atoms with Crippen molar-refractivity contribution < 1.29 is 12.9 Å². The van der Waals surface area contributed by atoms with Crippen molar-refractivity contribution in [3.05, 3.63) is 53.5 Å². The van der Waals surface area contributed by atoms with Crippen molar-refractivity contribution in [1.82, 2.24) is 19.2 Å². The molecule has 3 aromatic rings. The normalized spacial score (nSPS) is 12.0. The molecule has 0 saturated heterocycles. The van der Waals surface area contributed by atoms with Gasteiger partial charge < -0.3 is 4.52 Å². The maximum atomic E-state index is 12.9. The van der Waals surface area contributed by atoms with Gasteiger partial charge in [-0.25, -0.2) is 8.42 Å². The lowest BCUT2D eigenvalue weighted by Crippen LogP contribution is -2.31. The second-order valence-corrected chi connectivity index (χ2v) is 8.17. The van der Waals surface area contributed by atoms with Crippen LogP contribution >= 0.6 is 0 Å². The van der Waals surface area contributed by atoms with E-state index in [9.17, 15) is 8.42 Å². The molecule has 2 heterocycles. The van der Waals surface area contributed by atoms with Crippen molar-refractivity contribution >= 4 is 10.0 Å². The lowest BCUT2D eigenvalue weighted by atomic mass is 10.2. The van der Waals surface area contributed by atoms with Gasteiger partial charge in [0.1, 0.15) is 10.6 Å². The summed E-state index contributed by atoms with van der Waals surface area (Å²) >= 11 is 0. The highest BCUT2D eigenvalue weighted by Crippen LogP contribution is 2.25. The molecule has 0 N–H and O–H groups in total. The van der Waals surface area contributed by atoms with Crippen LogP contribution in [-0.4, -0.2) is 40.7 Å². The molecule has 0 fully saturated rings. The maximum Gasteiger partial charge on any atom is 0.246 e. The van der Waals surface area contributed by atoms with Gasteiger partial charge in [-0.05, 0) is 13.8 Å². The zero-order valence-corrected chi connectivity index (χ0v) is 16.8. The summed E-state index contributed by atoms with van der Waals surface area (Å²) in [4.78, 5) is 0.276. The van der Waals surface area contributed by atoms with E-state index in [1.807, 2.05) is 50.2 Å². The van der Waals surface area contributed by atoms with Gasteiger partial charge in [0.2, 0.25) is 10.0 Å². The number of benzene rings is 1. The first-order valence-corrected chi connectivity index (χ1v) is 10.4. The van der Waals surface area contributed by atoms with Crippen LogP contribution in [0.25, 0.3) is 11.3 Å². The first kappa shape index (κ1) is 19.3. The van der Waals surface area contributed by atoms with E-state index in [1.165, 1.54) is 4.31 Å². The highest BCUT2D eigenvalue weighted by atomic mass is 32.2. The number of nitrogens with zero attached hydrogens (tertiary/aromatic N) is 4. The van der Waals surface area contributed by atoms with Crippen LogP contribution in [-0.2, 0) is 16.6 Å². The maximum absolute atomic E-state index is 12.9. The SMILES string of the molecule is CCN(CC)S(=O)(=O)c1c(C)nn(Cc2cc(-c3ccccc3)on2)c1C. The molecule has 0 spiro atoms. The molecule has 7 nitrogen and oxygen atoms in total. The average Bonchev–Trinajstić information content (AvgIpc) is 3.21. The number of aromatic nitrogens is 3. The summed E-state index contributed by atoms with van der Waals surface area (Å²) in [6.07, 6.45) is 0. The Morgan fingerprint density at radius 3 is 2.41 bits per heavy atom. The van der Waals surface area contributed by atoms with E-state index in [0.717, 1.165) is 5.56 Å². The molecule has 0 atom stereocenters. The highest BCUT2D eigenvalue weighted by molar-refractivity contribution is 7.89. The lowest BCUT2D eigenvalue weighted by Gasteiger charge is -2.18. The van der Waals surface area contributed by atoms with E-state index in [2.05, 4.69) is 10.3 Å². The van der Waals surface area contributed by atoms with Gasteiger partial charge in [-0.15, -0.1) is 0 Å². The molecule has 144 valence electrons. The van der Waals surface area contributed by atoms with Gasteiger partial charge >= 0.3 is 0 Å². The largest absolute Gasteiger partial charge is 0.356 e. The Kier molecular flexibility index (Phi) is 5.48. The number of hydrogen-bond acceptors (Lipinski definition) is 5. The Hall–Kier alpha value is -2.45. The van der Waals surface area contributed by atoms with Crippen molar-refractivity contribution in [3.63, 3.8) is 0 Å². The smallest absolute Gasteiger partial charge is 0.246 e. The Morgan fingerprint density at radius 1 is 1.11 bits per heavy atom. The van der Waals surface area contributed by atoms with Crippen LogP contribution in [0.3, 0.4) is 0 Å². The van der Waals surface area contributed by atoms with Crippen LogP contribution in [0, 0.1) is 13.8 Å². The van der Waals surface area contributed by atoms with Crippen LogP contribution in [0.1, 0.15) is 30.9 Å². The van der Waals surface area contributed by atoms with Crippen LogP contribution in [0.5, 0.6) is 0 Å². The highest BCUT2D eigenvalue weighted by Gasteiger charge is 2.29. The van der Waals surface area contributed by atoms with Gasteiger partial charge in [-0.3, -0.25) is 4.68 Å². The molecule has 3 rings (SSSR count). The van der Waals surface area contributed by atoms with Crippen LogP contribution in [0.15, 0.2) is 45.8 Å². The Morgan fingerprint density at radius 2 is 1.78 bits per heavy atom. The third-order valence-electron chi connectivity index (χ3n) is 4.55. The van der Waals surface area contributed by atoms with Gasteiger partial charge in [-0.1, -0.05) is 49.3 Å². The van der Waals surface area contributed by atoms with E-state index in [-0.39, 0.29) is 4.90 Å². The summed E-state index contributed by atoms with van der Waals surface area (Å²) in [7, 11) is -3.57. The first-order chi connectivity index (χ1) is 12.9. The minimum atomic E-state index is -3.57. The minimum absolute atomic E-state index is 0.276. The number of hydrogen-bond donors (Lipinski definition) is 0. The molecule has 0 aliphatic heterocycles. The molecule has 0 aliphatic rings. The van der Waals surface area contributed by atoms with Gasteiger partial charge in [0.25, 0.3) is 0 Å². The summed E-state index contributed by atoms with van der Waals surface area (Å²) in [6.45, 7) is 8.34. The second kappa shape index (κ2) is 7.66. The number of rotatable bonds is 7. The van der Waals surface area contributed by atoms with Crippen molar-refractivity contribution in [3.8, 4) is 11.3 Å². The van der Waals surface area contributed by atoms with Crippen molar-refractivity contribution in [2.24, 2.45) is 0 Å². The van der Waals surface area contributed by atoms with Gasteiger partial charge in [0.15, 0.2) is 5.76 Å². The summed E-state index contributed by atoms with van der Waals surface area (Å²) in [6, 6.07) is 11.6. The molecule has 8 heteroatoms. The van der Waals surface area contributed by atoms with Crippen molar-refractivity contribution in [2.75, 3.05) is 13.1 Å². The Balaban J connectivity index is 1.91. The second-order valence-electron chi connectivity index (χ2n) is 6.30. The molecule has 1 aromatic carbocycles. The molecule has 0 bridgehead atoms. The van der Waals surface area contributed by atoms with Crippen molar-refractivity contribution in [2.45, 2.75) is 39.1 Å². The zero-order valence-electron chi connectivity index (χ0n) is 16.0. The third-order valence-corrected chi connectivity index (χ3v) is 6.85. The monoisotopic (exact) mass is 388 g/mol. The lowest BCUT2D eigenvalue weighted by molar-refractivity contribution is 0.418. The Bertz CT molecular complexity index is 1020. The van der Waals surface area contributed by atoms with Crippen LogP contribution in [0.4, 0.5) is 0 Å². The molecule has 2 aromatic heterocycles. The molecular weight excluding hydrogens is 364 g/mol. The van der Waals surface area contributed by atoms with E-state index in [1.54, 1.807) is 18.5 Å². The number of sulfonamides is 1. The molecule has 0 saturated carbocycles. The minimum Gasteiger partial charge on any atom is -0.356 e. The van der Waals surface area contributed by atoms with E-state index >= 15 is 0 Å². The van der Waals surface area contributed by atoms with E-state index in [0.29, 0.717) is 42.5 Å². The molecule has 0 unspecified atom stereocenters. The van der Waals surface area contributed by atoms with Crippen LogP contribution in [0.2, 0.25) is 0 Å². The first-order valence-electron chi connectivity index (χ1n) is 8.93. The summed E-state index contributed by atoms with van der Waals surface area (Å²) in [5.41, 5.74) is 2.72. The zero-order chi connectivity index (χ0) is 19.6. The number of aryl methyl sites for hydroxylation is 1. The predicted octanol–water partition coefficient (Wildman–Crippen LogP) is 3.23. The summed E-state index contributed by atoms with van der Waals surface area (Å²) in [5.74, 6) is 0.670. The fourth-order valence-electron chi connectivity index (χ4n) is 3.18. The standard InChI is InChI=1S/C19H24N4O3S/c1-5-22(6-2)27(24,25)19-14(3)20-23(15(19)4)13-17-12-18(26-21-17)16-10-8-7-9-11-16/h7-12H,5-6,13H2,1-4H3. The van der Waals surface area contributed by atoms with E-state index in [4.69, 9.17) is 4.52 Å². The van der Waals surface area contributed by atoms with Crippen LogP contribution < -0.4 is 0 Å². The quantitative estimate of drug-likeness (QED) is 0.621. The fourth-order valence-corrected chi connectivity index (χ4v) is 5.01. The van der Waals surface area contributed by atoms with Gasteiger partial charge in [-0.2, -0.15) is 9.40 Å². The fraction of sp³-hybridized carbons (Fsp3) is 0.368. The summed E-state index contributed by atoms with van der Waals surface area (Å²) in [5, 5.41) is 8.54. The average molecular weight is 388 g/mol. The van der Waals surface area contributed by atoms with Gasteiger partial charge in [0.05, 0.1) is 17.9 Å². The molecule has 0 radical (unpaired) electrons. The molecule has 27 heavy (non-hydrogen) atoms. The Labute approximate surface area is 159 Å². The van der Waals surface area contributed by atoms with Crippen molar-refractivity contribution in [1.29, 1.82) is 0 Å². The van der Waals surface area contributed by atoms with E-state index < -0.39 is 10.0 Å². The molecule has 0 aliphatic carbocycles. The third kappa shape index (κ3) is 3.68. The molecule has 0 amide bonds.